The van der Waals surface area contributed by atoms with Gasteiger partial charge in [-0.1, -0.05) is 17.8 Å². The van der Waals surface area contributed by atoms with Crippen molar-refractivity contribution in [1.29, 1.82) is 0 Å². The van der Waals surface area contributed by atoms with Gasteiger partial charge in [-0.25, -0.2) is 4.79 Å². The molecule has 0 spiro atoms. The van der Waals surface area contributed by atoms with Crippen LogP contribution in [0, 0.1) is 6.92 Å². The summed E-state index contributed by atoms with van der Waals surface area (Å²) < 4.78 is 11.7. The monoisotopic (exact) mass is 338 g/mol. The van der Waals surface area contributed by atoms with Crippen LogP contribution >= 0.6 is 11.8 Å². The zero-order chi connectivity index (χ0) is 16.8. The molecule has 8 heteroatoms. The van der Waals surface area contributed by atoms with Gasteiger partial charge in [0.1, 0.15) is 12.5 Å². The Morgan fingerprint density at radius 3 is 2.83 bits per heavy atom. The fourth-order valence-electron chi connectivity index (χ4n) is 1.90. The van der Waals surface area contributed by atoms with Crippen LogP contribution in [0.1, 0.15) is 5.56 Å². The van der Waals surface area contributed by atoms with E-state index < -0.39 is 11.2 Å². The molecular formula is C15H18N2O5S. The Morgan fingerprint density at radius 1 is 1.35 bits per heavy atom. The van der Waals surface area contributed by atoms with Gasteiger partial charge in [-0.3, -0.25) is 14.3 Å². The summed E-state index contributed by atoms with van der Waals surface area (Å²) in [4.78, 5) is 27.0. The average Bonchev–Trinajstić information content (AvgIpc) is 2.55. The molecule has 0 radical (unpaired) electrons. The number of H-pyrrole nitrogens is 1. The number of aromatic amines is 1. The second-order valence-electron chi connectivity index (χ2n) is 4.66. The van der Waals surface area contributed by atoms with Gasteiger partial charge in [-0.2, -0.15) is 0 Å². The van der Waals surface area contributed by atoms with Crippen LogP contribution in [-0.2, 0) is 11.5 Å². The van der Waals surface area contributed by atoms with Crippen molar-refractivity contribution in [2.45, 2.75) is 23.6 Å². The molecule has 7 nitrogen and oxygen atoms in total. The van der Waals surface area contributed by atoms with E-state index in [1.807, 2.05) is 24.3 Å². The fraction of sp³-hybridized carbons (Fsp3) is 0.333. The number of hydrogen-bond donors (Lipinski definition) is 2. The lowest BCUT2D eigenvalue weighted by Crippen LogP contribution is -2.33. The van der Waals surface area contributed by atoms with Crippen molar-refractivity contribution in [1.82, 2.24) is 9.55 Å². The summed E-state index contributed by atoms with van der Waals surface area (Å²) >= 11 is 1.28. The highest BCUT2D eigenvalue weighted by Crippen LogP contribution is 2.30. The molecule has 1 heterocycles. The molecule has 124 valence electrons. The van der Waals surface area contributed by atoms with Crippen molar-refractivity contribution in [3.63, 3.8) is 0 Å². The first kappa shape index (κ1) is 17.3. The molecule has 2 aromatic rings. The molecule has 2 rings (SSSR count). The number of methoxy groups -OCH3 is 1. The van der Waals surface area contributed by atoms with Crippen LogP contribution in [0.15, 0.2) is 43.8 Å². The minimum Gasteiger partial charge on any atom is -0.497 e. The standard InChI is InChI=1S/C15H18N2O5S/c1-10-13(19)16-15(20)17(9-22-7-6-18)14(10)23-12-5-3-4-11(8-12)21-2/h3-5,8,18H,6-7,9H2,1-2H3,(H,16,19,20). The van der Waals surface area contributed by atoms with Crippen molar-refractivity contribution in [2.75, 3.05) is 20.3 Å². The summed E-state index contributed by atoms with van der Waals surface area (Å²) in [6.45, 7) is 1.55. The Balaban J connectivity index is 2.42. The van der Waals surface area contributed by atoms with Crippen molar-refractivity contribution in [3.8, 4) is 5.75 Å². The normalized spacial score (nSPS) is 10.7. The number of nitrogens with zero attached hydrogens (tertiary/aromatic N) is 1. The lowest BCUT2D eigenvalue weighted by Gasteiger charge is -2.14. The fourth-order valence-corrected chi connectivity index (χ4v) is 2.93. The molecule has 0 aliphatic carbocycles. The van der Waals surface area contributed by atoms with Crippen molar-refractivity contribution >= 4 is 11.8 Å². The van der Waals surface area contributed by atoms with Crippen molar-refractivity contribution in [3.05, 3.63) is 50.7 Å². The molecule has 0 fully saturated rings. The third-order valence-corrected chi connectivity index (χ3v) is 4.29. The van der Waals surface area contributed by atoms with Crippen LogP contribution < -0.4 is 16.0 Å². The predicted octanol–water partition coefficient (Wildman–Crippen LogP) is 0.971. The quantitative estimate of drug-likeness (QED) is 0.577. The minimum atomic E-state index is -0.552. The molecule has 0 saturated heterocycles. The Bertz CT molecular complexity index is 784. The van der Waals surface area contributed by atoms with Gasteiger partial charge in [0, 0.05) is 10.5 Å². The van der Waals surface area contributed by atoms with Gasteiger partial charge in [0.05, 0.1) is 25.3 Å². The number of rotatable bonds is 7. The third-order valence-electron chi connectivity index (χ3n) is 3.08. The molecule has 0 aliphatic heterocycles. The van der Waals surface area contributed by atoms with E-state index in [-0.39, 0.29) is 19.9 Å². The first-order valence-electron chi connectivity index (χ1n) is 6.91. The number of aromatic nitrogens is 2. The Labute approximate surface area is 136 Å². The highest BCUT2D eigenvalue weighted by Gasteiger charge is 2.13. The molecule has 0 saturated carbocycles. The molecule has 1 aromatic heterocycles. The topological polar surface area (TPSA) is 93.6 Å². The van der Waals surface area contributed by atoms with Crippen LogP contribution in [0.25, 0.3) is 0 Å². The van der Waals surface area contributed by atoms with E-state index in [9.17, 15) is 9.59 Å². The Morgan fingerprint density at radius 2 is 2.13 bits per heavy atom. The molecule has 0 bridgehead atoms. The van der Waals surface area contributed by atoms with Crippen molar-refractivity contribution in [2.24, 2.45) is 0 Å². The molecule has 23 heavy (non-hydrogen) atoms. The van der Waals surface area contributed by atoms with Crippen LogP contribution in [0.5, 0.6) is 5.75 Å². The molecular weight excluding hydrogens is 320 g/mol. The van der Waals surface area contributed by atoms with E-state index in [0.717, 1.165) is 4.90 Å². The van der Waals surface area contributed by atoms with E-state index >= 15 is 0 Å². The zero-order valence-electron chi connectivity index (χ0n) is 12.9. The zero-order valence-corrected chi connectivity index (χ0v) is 13.7. The highest BCUT2D eigenvalue weighted by molar-refractivity contribution is 7.99. The van der Waals surface area contributed by atoms with Gasteiger partial charge in [0.15, 0.2) is 0 Å². The Hall–Kier alpha value is -2.03. The largest absolute Gasteiger partial charge is 0.497 e. The molecule has 2 N–H and O–H groups in total. The first-order chi connectivity index (χ1) is 11.1. The second kappa shape index (κ2) is 8.00. The smallest absolute Gasteiger partial charge is 0.331 e. The van der Waals surface area contributed by atoms with Crippen molar-refractivity contribution < 1.29 is 14.6 Å². The van der Waals surface area contributed by atoms with E-state index in [2.05, 4.69) is 4.98 Å². The summed E-state index contributed by atoms with van der Waals surface area (Å²) in [5.41, 5.74) is -0.562. The van der Waals surface area contributed by atoms with E-state index in [4.69, 9.17) is 14.6 Å². The van der Waals surface area contributed by atoms with Gasteiger partial charge < -0.3 is 14.6 Å². The lowest BCUT2D eigenvalue weighted by molar-refractivity contribution is 0.0411. The number of benzene rings is 1. The number of aliphatic hydroxyl groups excluding tert-OH is 1. The van der Waals surface area contributed by atoms with Crippen LogP contribution in [-0.4, -0.2) is 35.0 Å². The molecule has 0 unspecified atom stereocenters. The van der Waals surface area contributed by atoms with Gasteiger partial charge in [0.25, 0.3) is 5.56 Å². The number of hydrogen-bond acceptors (Lipinski definition) is 6. The molecule has 0 atom stereocenters. The second-order valence-corrected chi connectivity index (χ2v) is 5.72. The van der Waals surface area contributed by atoms with Gasteiger partial charge in [-0.05, 0) is 25.1 Å². The van der Waals surface area contributed by atoms with E-state index in [0.29, 0.717) is 16.3 Å². The first-order valence-corrected chi connectivity index (χ1v) is 7.72. The van der Waals surface area contributed by atoms with Gasteiger partial charge in [0.2, 0.25) is 0 Å². The summed E-state index contributed by atoms with van der Waals surface area (Å²) in [6.07, 6.45) is 0. The van der Waals surface area contributed by atoms with Gasteiger partial charge >= 0.3 is 5.69 Å². The summed E-state index contributed by atoms with van der Waals surface area (Å²) in [5.74, 6) is 0.683. The highest BCUT2D eigenvalue weighted by atomic mass is 32.2. The third kappa shape index (κ3) is 4.25. The van der Waals surface area contributed by atoms with Gasteiger partial charge in [-0.15, -0.1) is 0 Å². The lowest BCUT2D eigenvalue weighted by atomic mass is 10.3. The molecule has 0 aliphatic rings. The number of nitrogens with one attached hydrogen (secondary N) is 1. The Kier molecular flexibility index (Phi) is 6.03. The summed E-state index contributed by atoms with van der Waals surface area (Å²) in [5, 5.41) is 9.28. The number of ether oxygens (including phenoxy) is 2. The average molecular weight is 338 g/mol. The summed E-state index contributed by atoms with van der Waals surface area (Å²) in [6, 6.07) is 7.31. The van der Waals surface area contributed by atoms with Crippen LogP contribution in [0.3, 0.4) is 0 Å². The predicted molar refractivity (Wildman–Crippen MR) is 86.2 cm³/mol. The van der Waals surface area contributed by atoms with E-state index in [1.54, 1.807) is 14.0 Å². The maximum atomic E-state index is 12.0. The minimum absolute atomic E-state index is 0.0523. The number of aliphatic hydroxyl groups is 1. The van der Waals surface area contributed by atoms with E-state index in [1.165, 1.54) is 16.3 Å². The summed E-state index contributed by atoms with van der Waals surface area (Å²) in [7, 11) is 1.57. The van der Waals surface area contributed by atoms with Crippen LogP contribution in [0.2, 0.25) is 0 Å². The van der Waals surface area contributed by atoms with Crippen LogP contribution in [0.4, 0.5) is 0 Å². The molecule has 0 amide bonds. The maximum absolute atomic E-state index is 12.0. The molecule has 1 aromatic carbocycles. The maximum Gasteiger partial charge on any atom is 0.331 e. The SMILES string of the molecule is COc1cccc(Sc2c(C)c(=O)[nH]c(=O)n2COCCO)c1.